The fraction of sp³-hybridized carbons (Fsp3) is 0.238. The highest BCUT2D eigenvalue weighted by Gasteiger charge is 2.30. The first-order valence-corrected chi connectivity index (χ1v) is 8.99. The molecule has 1 aliphatic rings. The Balaban J connectivity index is 1.56. The summed E-state index contributed by atoms with van der Waals surface area (Å²) in [5.41, 5.74) is -0.216. The predicted molar refractivity (Wildman–Crippen MR) is 102 cm³/mol. The van der Waals surface area contributed by atoms with Crippen molar-refractivity contribution in [3.8, 4) is 11.5 Å². The predicted octanol–water partition coefficient (Wildman–Crippen LogP) is 4.06. The van der Waals surface area contributed by atoms with Crippen LogP contribution in [0.3, 0.4) is 0 Å². The van der Waals surface area contributed by atoms with Crippen molar-refractivity contribution in [3.63, 3.8) is 0 Å². The van der Waals surface area contributed by atoms with Crippen LogP contribution in [0.15, 0.2) is 48.5 Å². The highest BCUT2D eigenvalue weighted by Crippen LogP contribution is 2.32. The van der Waals surface area contributed by atoms with Gasteiger partial charge in [-0.15, -0.1) is 0 Å². The molecule has 0 spiro atoms. The molecule has 0 fully saturated rings. The summed E-state index contributed by atoms with van der Waals surface area (Å²) in [7, 11) is 0. The van der Waals surface area contributed by atoms with Crippen molar-refractivity contribution in [2.24, 2.45) is 0 Å². The zero-order valence-corrected chi connectivity index (χ0v) is 15.9. The lowest BCUT2D eigenvalue weighted by atomic mass is 10.1. The summed E-state index contributed by atoms with van der Waals surface area (Å²) >= 11 is 0. The number of hydrogen-bond donors (Lipinski definition) is 1. The lowest BCUT2D eigenvalue weighted by Crippen LogP contribution is -2.29. The summed E-state index contributed by atoms with van der Waals surface area (Å²) in [5.74, 6) is -0.379. The van der Waals surface area contributed by atoms with Gasteiger partial charge < -0.3 is 19.5 Å². The van der Waals surface area contributed by atoms with Crippen LogP contribution in [0.2, 0.25) is 0 Å². The Morgan fingerprint density at radius 3 is 2.57 bits per heavy atom. The summed E-state index contributed by atoms with van der Waals surface area (Å²) < 4.78 is 54.0. The molecule has 3 rings (SSSR count). The molecule has 1 atom stereocenters. The van der Waals surface area contributed by atoms with Gasteiger partial charge in [-0.05, 0) is 42.8 Å². The maximum absolute atomic E-state index is 12.7. The molecule has 0 unspecified atom stereocenters. The van der Waals surface area contributed by atoms with E-state index in [4.69, 9.17) is 14.2 Å². The quantitative estimate of drug-likeness (QED) is 0.582. The smallest absolute Gasteiger partial charge is 0.416 e. The summed E-state index contributed by atoms with van der Waals surface area (Å²) in [5, 5.41) is 2.59. The molecule has 30 heavy (non-hydrogen) atoms. The van der Waals surface area contributed by atoms with E-state index in [0.717, 1.165) is 18.2 Å². The Kier molecular flexibility index (Phi) is 6.29. The Bertz CT molecular complexity index is 971. The van der Waals surface area contributed by atoms with E-state index in [1.165, 1.54) is 25.1 Å². The standard InChI is InChI=1S/C21H18F3NO5/c1-13(20(27)25-16-6-7-17-18(12-16)29-10-9-28-17)30-19(26)8-5-14-3-2-4-15(11-14)21(22,23)24/h2-8,11-13H,9-10H2,1H3,(H,25,27)/b8-5+/t13-/m1/s1. The zero-order valence-electron chi connectivity index (χ0n) is 15.9. The monoisotopic (exact) mass is 421 g/mol. The van der Waals surface area contributed by atoms with E-state index in [2.05, 4.69) is 5.32 Å². The molecule has 0 saturated heterocycles. The number of amides is 1. The van der Waals surface area contributed by atoms with E-state index in [1.807, 2.05) is 0 Å². The second-order valence-electron chi connectivity index (χ2n) is 6.38. The normalized spacial score (nSPS) is 14.3. The molecular formula is C21H18F3NO5. The highest BCUT2D eigenvalue weighted by atomic mass is 19.4. The van der Waals surface area contributed by atoms with Gasteiger partial charge in [0.1, 0.15) is 13.2 Å². The van der Waals surface area contributed by atoms with Crippen LogP contribution in [-0.2, 0) is 20.5 Å². The minimum atomic E-state index is -4.48. The van der Waals surface area contributed by atoms with E-state index in [1.54, 1.807) is 18.2 Å². The number of benzene rings is 2. The minimum Gasteiger partial charge on any atom is -0.486 e. The molecule has 6 nitrogen and oxygen atoms in total. The number of carbonyl (C=O) groups excluding carboxylic acids is 2. The molecule has 2 aromatic rings. The number of rotatable bonds is 5. The molecule has 0 bridgehead atoms. The number of ether oxygens (including phenoxy) is 3. The molecule has 1 N–H and O–H groups in total. The number of hydrogen-bond acceptors (Lipinski definition) is 5. The molecule has 2 aromatic carbocycles. The van der Waals surface area contributed by atoms with Crippen molar-refractivity contribution in [1.82, 2.24) is 0 Å². The number of halogens is 3. The lowest BCUT2D eigenvalue weighted by molar-refractivity contribution is -0.148. The van der Waals surface area contributed by atoms with E-state index in [9.17, 15) is 22.8 Å². The van der Waals surface area contributed by atoms with Gasteiger partial charge in [0.2, 0.25) is 0 Å². The molecule has 0 saturated carbocycles. The highest BCUT2D eigenvalue weighted by molar-refractivity contribution is 5.96. The topological polar surface area (TPSA) is 73.9 Å². The number of anilines is 1. The molecule has 1 aliphatic heterocycles. The molecule has 1 amide bonds. The molecule has 0 aliphatic carbocycles. The van der Waals surface area contributed by atoms with E-state index < -0.39 is 29.7 Å². The van der Waals surface area contributed by atoms with Crippen LogP contribution in [0.5, 0.6) is 11.5 Å². The summed E-state index contributed by atoms with van der Waals surface area (Å²) in [6.07, 6.45) is -3.46. The van der Waals surface area contributed by atoms with Crippen molar-refractivity contribution >= 4 is 23.6 Å². The van der Waals surface area contributed by atoms with Gasteiger partial charge in [0, 0.05) is 17.8 Å². The van der Waals surface area contributed by atoms with Gasteiger partial charge >= 0.3 is 12.1 Å². The van der Waals surface area contributed by atoms with Crippen LogP contribution >= 0.6 is 0 Å². The third kappa shape index (κ3) is 5.53. The van der Waals surface area contributed by atoms with Gasteiger partial charge in [0.15, 0.2) is 17.6 Å². The molecule has 0 radical (unpaired) electrons. The average molecular weight is 421 g/mol. The molecule has 9 heteroatoms. The Hall–Kier alpha value is -3.49. The fourth-order valence-corrected chi connectivity index (χ4v) is 2.61. The number of nitrogens with one attached hydrogen (secondary N) is 1. The third-order valence-corrected chi connectivity index (χ3v) is 4.10. The van der Waals surface area contributed by atoms with Crippen LogP contribution in [-0.4, -0.2) is 31.2 Å². The van der Waals surface area contributed by atoms with E-state index >= 15 is 0 Å². The van der Waals surface area contributed by atoms with E-state index in [0.29, 0.717) is 30.4 Å². The van der Waals surface area contributed by atoms with Crippen molar-refractivity contribution in [2.75, 3.05) is 18.5 Å². The Morgan fingerprint density at radius 2 is 1.83 bits per heavy atom. The molecule has 158 valence electrons. The first kappa shape index (κ1) is 21.2. The van der Waals surface area contributed by atoms with Gasteiger partial charge in [-0.3, -0.25) is 4.79 Å². The van der Waals surface area contributed by atoms with E-state index in [-0.39, 0.29) is 5.56 Å². The summed E-state index contributed by atoms with van der Waals surface area (Å²) in [6.45, 7) is 2.22. The van der Waals surface area contributed by atoms with Gasteiger partial charge in [0.05, 0.1) is 5.56 Å². The maximum atomic E-state index is 12.7. The minimum absolute atomic E-state index is 0.176. The fourth-order valence-electron chi connectivity index (χ4n) is 2.61. The van der Waals surface area contributed by atoms with Crippen LogP contribution in [0, 0.1) is 0 Å². The van der Waals surface area contributed by atoms with Crippen LogP contribution in [0.4, 0.5) is 18.9 Å². The van der Waals surface area contributed by atoms with Crippen molar-refractivity contribution in [2.45, 2.75) is 19.2 Å². The van der Waals surface area contributed by atoms with Crippen LogP contribution in [0.1, 0.15) is 18.1 Å². The third-order valence-electron chi connectivity index (χ3n) is 4.10. The van der Waals surface area contributed by atoms with Gasteiger partial charge in [-0.1, -0.05) is 12.1 Å². The summed E-state index contributed by atoms with van der Waals surface area (Å²) in [6, 6.07) is 9.34. The molecule has 0 aromatic heterocycles. The Morgan fingerprint density at radius 1 is 1.10 bits per heavy atom. The number of fused-ring (bicyclic) bond motifs is 1. The summed E-state index contributed by atoms with van der Waals surface area (Å²) in [4.78, 5) is 24.1. The SMILES string of the molecule is C[C@@H](OC(=O)/C=C/c1cccc(C(F)(F)F)c1)C(=O)Nc1ccc2c(c1)OCCO2. The lowest BCUT2D eigenvalue weighted by Gasteiger charge is -2.19. The first-order valence-electron chi connectivity index (χ1n) is 8.99. The average Bonchev–Trinajstić information content (AvgIpc) is 2.71. The Labute approximate surface area is 170 Å². The van der Waals surface area contributed by atoms with Crippen LogP contribution < -0.4 is 14.8 Å². The van der Waals surface area contributed by atoms with Crippen molar-refractivity contribution < 1.29 is 37.0 Å². The second-order valence-corrected chi connectivity index (χ2v) is 6.38. The molecule has 1 heterocycles. The van der Waals surface area contributed by atoms with Gasteiger partial charge in [0.25, 0.3) is 5.91 Å². The van der Waals surface area contributed by atoms with Crippen LogP contribution in [0.25, 0.3) is 6.08 Å². The molecular weight excluding hydrogens is 403 g/mol. The largest absolute Gasteiger partial charge is 0.486 e. The first-order chi connectivity index (χ1) is 14.2. The van der Waals surface area contributed by atoms with Gasteiger partial charge in [-0.2, -0.15) is 13.2 Å². The van der Waals surface area contributed by atoms with Gasteiger partial charge in [-0.25, -0.2) is 4.79 Å². The zero-order chi connectivity index (χ0) is 21.7. The second kappa shape index (κ2) is 8.89. The number of carbonyl (C=O) groups is 2. The number of esters is 1. The van der Waals surface area contributed by atoms with Crippen molar-refractivity contribution in [1.29, 1.82) is 0 Å². The number of alkyl halides is 3. The van der Waals surface area contributed by atoms with Crippen molar-refractivity contribution in [3.05, 3.63) is 59.7 Å². The maximum Gasteiger partial charge on any atom is 0.416 e.